The molecule has 0 unspecified atom stereocenters. The standard InChI is InChI=1S/C21H15ClFN3O3S/c22-15-6-3-5-14(11-15)20-25-17(13-30-20)21(28)29-12-19(27)26(10-4-9-24)18-8-2-1-7-16(18)23/h1-3,5-8,11,13H,4,10,12H2. The number of thiazole rings is 1. The third-order valence-corrected chi connectivity index (χ3v) is 5.13. The topological polar surface area (TPSA) is 83.3 Å². The quantitative estimate of drug-likeness (QED) is 0.494. The average molecular weight is 444 g/mol. The van der Waals surface area contributed by atoms with Crippen LogP contribution in [0, 0.1) is 17.1 Å². The van der Waals surface area contributed by atoms with Crippen molar-refractivity contribution in [1.82, 2.24) is 4.98 Å². The van der Waals surface area contributed by atoms with Crippen LogP contribution in [-0.4, -0.2) is 30.0 Å². The lowest BCUT2D eigenvalue weighted by Crippen LogP contribution is -2.36. The molecule has 3 rings (SSSR count). The van der Waals surface area contributed by atoms with Crippen LogP contribution >= 0.6 is 22.9 Å². The molecule has 0 spiro atoms. The molecule has 0 radical (unpaired) electrons. The molecule has 0 N–H and O–H groups in total. The van der Waals surface area contributed by atoms with E-state index in [-0.39, 0.29) is 24.3 Å². The van der Waals surface area contributed by atoms with Gasteiger partial charge in [-0.25, -0.2) is 14.2 Å². The van der Waals surface area contributed by atoms with Gasteiger partial charge in [-0.3, -0.25) is 4.79 Å². The first-order valence-electron chi connectivity index (χ1n) is 8.80. The molecule has 152 valence electrons. The number of nitrogens with zero attached hydrogens (tertiary/aromatic N) is 3. The van der Waals surface area contributed by atoms with Crippen LogP contribution in [0.1, 0.15) is 16.9 Å². The van der Waals surface area contributed by atoms with Crippen LogP contribution in [0.4, 0.5) is 10.1 Å². The molecule has 0 fully saturated rings. The van der Waals surface area contributed by atoms with Gasteiger partial charge in [-0.2, -0.15) is 5.26 Å². The van der Waals surface area contributed by atoms with E-state index < -0.39 is 24.3 Å². The fourth-order valence-corrected chi connectivity index (χ4v) is 3.59. The molecular weight excluding hydrogens is 429 g/mol. The summed E-state index contributed by atoms with van der Waals surface area (Å²) < 4.78 is 19.1. The number of carbonyl (C=O) groups is 2. The van der Waals surface area contributed by atoms with Gasteiger partial charge < -0.3 is 9.64 Å². The molecule has 0 bridgehead atoms. The Bertz CT molecular complexity index is 1110. The zero-order valence-electron chi connectivity index (χ0n) is 15.5. The number of anilines is 1. The number of halogens is 2. The highest BCUT2D eigenvalue weighted by Gasteiger charge is 2.21. The first-order valence-corrected chi connectivity index (χ1v) is 10.1. The maximum atomic E-state index is 14.1. The molecule has 9 heteroatoms. The lowest BCUT2D eigenvalue weighted by atomic mass is 10.2. The van der Waals surface area contributed by atoms with E-state index in [2.05, 4.69) is 4.98 Å². The van der Waals surface area contributed by atoms with Gasteiger partial charge >= 0.3 is 5.97 Å². The van der Waals surface area contributed by atoms with Crippen LogP contribution < -0.4 is 4.90 Å². The van der Waals surface area contributed by atoms with Gasteiger partial charge in [0.1, 0.15) is 10.8 Å². The molecule has 0 aliphatic carbocycles. The number of ether oxygens (including phenoxy) is 1. The summed E-state index contributed by atoms with van der Waals surface area (Å²) in [6.45, 7) is -0.633. The summed E-state index contributed by atoms with van der Waals surface area (Å²) in [5.41, 5.74) is 0.827. The molecule has 0 atom stereocenters. The smallest absolute Gasteiger partial charge is 0.358 e. The monoisotopic (exact) mass is 443 g/mol. The maximum Gasteiger partial charge on any atom is 0.358 e. The molecule has 2 aromatic carbocycles. The van der Waals surface area contributed by atoms with Gasteiger partial charge in [0.25, 0.3) is 5.91 Å². The number of hydrogen-bond acceptors (Lipinski definition) is 6. The predicted octanol–water partition coefficient (Wildman–Crippen LogP) is 4.71. The highest BCUT2D eigenvalue weighted by molar-refractivity contribution is 7.13. The van der Waals surface area contributed by atoms with Gasteiger partial charge in [0.15, 0.2) is 12.3 Å². The minimum absolute atomic E-state index is 0.00308. The van der Waals surface area contributed by atoms with Crippen molar-refractivity contribution in [1.29, 1.82) is 5.26 Å². The summed E-state index contributed by atoms with van der Waals surface area (Å²) in [5, 5.41) is 11.5. The van der Waals surface area contributed by atoms with Crippen molar-refractivity contribution in [2.75, 3.05) is 18.1 Å². The fourth-order valence-electron chi connectivity index (χ4n) is 2.61. The molecule has 0 aliphatic rings. The Labute approximate surface area is 181 Å². The highest BCUT2D eigenvalue weighted by Crippen LogP contribution is 2.26. The lowest BCUT2D eigenvalue weighted by molar-refractivity contribution is -0.121. The molecule has 0 saturated heterocycles. The van der Waals surface area contributed by atoms with Crippen molar-refractivity contribution in [2.24, 2.45) is 0 Å². The number of esters is 1. The van der Waals surface area contributed by atoms with Crippen LogP contribution in [0.25, 0.3) is 10.6 Å². The van der Waals surface area contributed by atoms with E-state index in [9.17, 15) is 14.0 Å². The number of benzene rings is 2. The van der Waals surface area contributed by atoms with Gasteiger partial charge in [-0.1, -0.05) is 35.9 Å². The Balaban J connectivity index is 1.68. The maximum absolute atomic E-state index is 14.1. The predicted molar refractivity (Wildman–Crippen MR) is 112 cm³/mol. The Morgan fingerprint density at radius 3 is 2.77 bits per heavy atom. The van der Waals surface area contributed by atoms with Crippen molar-refractivity contribution in [3.8, 4) is 16.6 Å². The number of aromatic nitrogens is 1. The van der Waals surface area contributed by atoms with E-state index in [1.807, 2.05) is 12.1 Å². The zero-order valence-corrected chi connectivity index (χ0v) is 17.1. The Morgan fingerprint density at radius 1 is 1.23 bits per heavy atom. The molecule has 30 heavy (non-hydrogen) atoms. The van der Waals surface area contributed by atoms with Crippen LogP contribution in [0.5, 0.6) is 0 Å². The highest BCUT2D eigenvalue weighted by atomic mass is 35.5. The van der Waals surface area contributed by atoms with Crippen LogP contribution in [0.3, 0.4) is 0 Å². The van der Waals surface area contributed by atoms with E-state index in [4.69, 9.17) is 21.6 Å². The van der Waals surface area contributed by atoms with E-state index >= 15 is 0 Å². The lowest BCUT2D eigenvalue weighted by Gasteiger charge is -2.22. The third kappa shape index (κ3) is 5.20. The van der Waals surface area contributed by atoms with Crippen molar-refractivity contribution in [3.05, 3.63) is 70.4 Å². The van der Waals surface area contributed by atoms with Crippen molar-refractivity contribution in [3.63, 3.8) is 0 Å². The van der Waals surface area contributed by atoms with E-state index in [1.54, 1.807) is 24.3 Å². The largest absolute Gasteiger partial charge is 0.451 e. The number of amides is 1. The summed E-state index contributed by atoms with van der Waals surface area (Å²) in [6.07, 6.45) is 0.00308. The van der Waals surface area contributed by atoms with Crippen LogP contribution in [0.15, 0.2) is 53.9 Å². The van der Waals surface area contributed by atoms with Gasteiger partial charge in [0.05, 0.1) is 18.2 Å². The summed E-state index contributed by atoms with van der Waals surface area (Å²) >= 11 is 7.21. The first kappa shape index (κ1) is 21.4. The molecule has 1 heterocycles. The van der Waals surface area contributed by atoms with E-state index in [0.717, 1.165) is 10.5 Å². The van der Waals surface area contributed by atoms with E-state index in [0.29, 0.717) is 10.0 Å². The Kier molecular flexibility index (Phi) is 7.12. The Hall–Kier alpha value is -3.28. The van der Waals surface area contributed by atoms with Crippen molar-refractivity contribution >= 4 is 40.5 Å². The molecule has 3 aromatic rings. The zero-order chi connectivity index (χ0) is 21.5. The minimum Gasteiger partial charge on any atom is -0.451 e. The summed E-state index contributed by atoms with van der Waals surface area (Å²) in [7, 11) is 0. The molecule has 0 saturated carbocycles. The van der Waals surface area contributed by atoms with Gasteiger partial charge in [-0.15, -0.1) is 11.3 Å². The van der Waals surface area contributed by atoms with Crippen LogP contribution in [-0.2, 0) is 9.53 Å². The van der Waals surface area contributed by atoms with Crippen LogP contribution in [0.2, 0.25) is 5.02 Å². The fraction of sp³-hybridized carbons (Fsp3) is 0.143. The second-order valence-electron chi connectivity index (χ2n) is 6.03. The summed E-state index contributed by atoms with van der Waals surface area (Å²) in [6, 6.07) is 14.6. The third-order valence-electron chi connectivity index (χ3n) is 4.00. The number of para-hydroxylation sites is 1. The molecule has 0 aliphatic heterocycles. The number of nitriles is 1. The van der Waals surface area contributed by atoms with Crippen molar-refractivity contribution < 1.29 is 18.7 Å². The number of hydrogen-bond donors (Lipinski definition) is 0. The van der Waals surface area contributed by atoms with Gasteiger partial charge in [0.2, 0.25) is 0 Å². The average Bonchev–Trinajstić information content (AvgIpc) is 3.24. The van der Waals surface area contributed by atoms with Gasteiger partial charge in [0, 0.05) is 22.5 Å². The second-order valence-corrected chi connectivity index (χ2v) is 7.32. The van der Waals surface area contributed by atoms with Gasteiger partial charge in [-0.05, 0) is 24.3 Å². The first-order chi connectivity index (χ1) is 14.5. The van der Waals surface area contributed by atoms with Crippen molar-refractivity contribution in [2.45, 2.75) is 6.42 Å². The summed E-state index contributed by atoms with van der Waals surface area (Å²) in [4.78, 5) is 30.2. The minimum atomic E-state index is -0.776. The molecule has 1 amide bonds. The van der Waals surface area contributed by atoms with E-state index in [1.165, 1.54) is 34.9 Å². The molecular formula is C21H15ClFN3O3S. The Morgan fingerprint density at radius 2 is 2.03 bits per heavy atom. The second kappa shape index (κ2) is 9.96. The molecule has 6 nitrogen and oxygen atoms in total. The molecule has 1 aromatic heterocycles. The SMILES string of the molecule is N#CCCN(C(=O)COC(=O)c1csc(-c2cccc(Cl)c2)n1)c1ccccc1F. The number of rotatable bonds is 7. The normalized spacial score (nSPS) is 10.3. The number of carbonyl (C=O) groups excluding carboxylic acids is 2. The summed E-state index contributed by atoms with van der Waals surface area (Å²) in [5.74, 6) is -2.03.